The Balaban J connectivity index is 2.82. The summed E-state index contributed by atoms with van der Waals surface area (Å²) in [5.41, 5.74) is 0. The van der Waals surface area contributed by atoms with E-state index in [9.17, 15) is 4.79 Å². The van der Waals surface area contributed by atoms with Crippen molar-refractivity contribution in [3.8, 4) is 0 Å². The first-order valence-corrected chi connectivity index (χ1v) is 2.00. The fraction of sp³-hybridized carbons (Fsp3) is 0. The molecular formula is CHIO5. The van der Waals surface area contributed by atoms with Gasteiger partial charge in [-0.15, -0.1) is 3.22 Å². The fourth-order valence-corrected chi connectivity index (χ4v) is 0.115. The first-order chi connectivity index (χ1) is 3.27. The first-order valence-electron chi connectivity index (χ1n) is 1.12. The zero-order chi connectivity index (χ0) is 5.70. The topological polar surface area (TPSA) is 65.0 Å². The molecule has 42 valence electrons. The molecule has 0 fully saturated rings. The molecule has 0 bridgehead atoms. The molecule has 7 heavy (non-hydrogen) atoms. The molecule has 5 nitrogen and oxygen atoms in total. The third-order valence-corrected chi connectivity index (χ3v) is 0.278. The Morgan fingerprint density at radius 2 is 2.29 bits per heavy atom. The van der Waals surface area contributed by atoms with Gasteiger partial charge in [0.15, 0.2) is 23.0 Å². The van der Waals surface area contributed by atoms with E-state index in [-0.39, 0.29) is 0 Å². The zero-order valence-electron chi connectivity index (χ0n) is 2.96. The van der Waals surface area contributed by atoms with Gasteiger partial charge in [-0.3, -0.25) is 0 Å². The van der Waals surface area contributed by atoms with E-state index < -0.39 is 6.16 Å². The Labute approximate surface area is 52.7 Å². The van der Waals surface area contributed by atoms with Crippen LogP contribution in [0.15, 0.2) is 0 Å². The molecule has 0 radical (unpaired) electrons. The zero-order valence-corrected chi connectivity index (χ0v) is 5.12. The van der Waals surface area contributed by atoms with Gasteiger partial charge in [-0.25, -0.2) is 9.68 Å². The number of rotatable bonds is 2. The summed E-state index contributed by atoms with van der Waals surface area (Å²) in [5.74, 6) is 0. The minimum absolute atomic E-state index is 1.31. The van der Waals surface area contributed by atoms with Crippen molar-refractivity contribution in [2.75, 3.05) is 0 Å². The van der Waals surface area contributed by atoms with Crippen molar-refractivity contribution in [3.05, 3.63) is 0 Å². The summed E-state index contributed by atoms with van der Waals surface area (Å²) in [7, 11) is 0. The maximum atomic E-state index is 9.33. The Kier molecular flexibility index (Phi) is 4.04. The van der Waals surface area contributed by atoms with E-state index in [1.807, 2.05) is 0 Å². The molecule has 0 aromatic carbocycles. The van der Waals surface area contributed by atoms with Crippen molar-refractivity contribution in [1.29, 1.82) is 0 Å². The van der Waals surface area contributed by atoms with Crippen LogP contribution in [-0.4, -0.2) is 11.3 Å². The summed E-state index contributed by atoms with van der Waals surface area (Å²) in [6, 6.07) is 0. The molecule has 0 spiro atoms. The first kappa shape index (κ1) is 6.92. The van der Waals surface area contributed by atoms with Gasteiger partial charge in [-0.05, 0) is 0 Å². The lowest BCUT2D eigenvalue weighted by atomic mass is 11.4. The van der Waals surface area contributed by atoms with Crippen LogP contribution in [0.25, 0.3) is 0 Å². The molecule has 0 aliphatic carbocycles. The molecule has 0 atom stereocenters. The van der Waals surface area contributed by atoms with E-state index in [0.29, 0.717) is 0 Å². The predicted octanol–water partition coefficient (Wildman–Crippen LogP) is 0.894. The van der Waals surface area contributed by atoms with Gasteiger partial charge in [0.2, 0.25) is 0 Å². The lowest BCUT2D eigenvalue weighted by molar-refractivity contribution is -0.414. The molecule has 0 aliphatic heterocycles. The second-order valence-corrected chi connectivity index (χ2v) is 0.840. The average Bonchev–Trinajstić information content (AvgIpc) is 1.61. The second-order valence-electron chi connectivity index (χ2n) is 0.480. The highest BCUT2D eigenvalue weighted by atomic mass is 127. The van der Waals surface area contributed by atoms with Gasteiger partial charge >= 0.3 is 6.16 Å². The van der Waals surface area contributed by atoms with E-state index in [2.05, 4.69) is 13.1 Å². The lowest BCUT2D eigenvalue weighted by Crippen LogP contribution is -1.97. The summed E-state index contributed by atoms with van der Waals surface area (Å²) in [6.45, 7) is 0. The summed E-state index contributed by atoms with van der Waals surface area (Å²) in [4.78, 5) is 12.7. The predicted molar refractivity (Wildman–Crippen MR) is 25.3 cm³/mol. The third-order valence-electron chi connectivity index (χ3n) is 0.131. The van der Waals surface area contributed by atoms with Gasteiger partial charge in [-0.2, -0.15) is 0 Å². The molecule has 0 aliphatic rings. The van der Waals surface area contributed by atoms with Crippen LogP contribution in [0.5, 0.6) is 0 Å². The smallest absolute Gasteiger partial charge is 0.448 e. The van der Waals surface area contributed by atoms with Crippen molar-refractivity contribution in [1.82, 2.24) is 0 Å². The van der Waals surface area contributed by atoms with Crippen LogP contribution in [0, 0.1) is 0 Å². The Morgan fingerprint density at radius 1 is 1.71 bits per heavy atom. The van der Waals surface area contributed by atoms with Gasteiger partial charge in [0, 0.05) is 5.04 Å². The van der Waals surface area contributed by atoms with Gasteiger partial charge < -0.3 is 5.11 Å². The Morgan fingerprint density at radius 3 is 2.43 bits per heavy atom. The lowest BCUT2D eigenvalue weighted by Gasteiger charge is -1.87. The molecule has 0 unspecified atom stereocenters. The largest absolute Gasteiger partial charge is 0.540 e. The summed E-state index contributed by atoms with van der Waals surface area (Å²) in [6.07, 6.45) is -1.54. The molecule has 0 saturated heterocycles. The SMILES string of the molecule is O=C(O)OOOI. The number of carbonyl (C=O) groups is 1. The Hall–Kier alpha value is -0.0800. The van der Waals surface area contributed by atoms with E-state index in [0.717, 1.165) is 0 Å². The van der Waals surface area contributed by atoms with E-state index in [1.54, 1.807) is 0 Å². The number of halogens is 1. The molecule has 1 N–H and O–H groups in total. The summed E-state index contributed by atoms with van der Waals surface area (Å²) in [5, 5.41) is 11.1. The van der Waals surface area contributed by atoms with Gasteiger partial charge in [0.1, 0.15) is 0 Å². The molecule has 0 amide bonds. The van der Waals surface area contributed by atoms with E-state index in [1.165, 1.54) is 23.0 Å². The monoisotopic (exact) mass is 220 g/mol. The van der Waals surface area contributed by atoms with Crippen LogP contribution in [0.4, 0.5) is 4.79 Å². The van der Waals surface area contributed by atoms with Crippen molar-refractivity contribution in [3.63, 3.8) is 0 Å². The van der Waals surface area contributed by atoms with Gasteiger partial charge in [0.25, 0.3) is 0 Å². The highest BCUT2D eigenvalue weighted by molar-refractivity contribution is 14.1. The van der Waals surface area contributed by atoms with Crippen LogP contribution >= 0.6 is 23.0 Å². The van der Waals surface area contributed by atoms with E-state index >= 15 is 0 Å². The quantitative estimate of drug-likeness (QED) is 0.425. The molecule has 0 aromatic rings. The minimum Gasteiger partial charge on any atom is -0.448 e. The minimum atomic E-state index is -1.54. The van der Waals surface area contributed by atoms with Crippen molar-refractivity contribution < 1.29 is 23.0 Å². The molecule has 0 rings (SSSR count). The van der Waals surface area contributed by atoms with Crippen LogP contribution < -0.4 is 0 Å². The molecule has 0 heterocycles. The molecule has 6 heteroatoms. The second kappa shape index (κ2) is 4.09. The maximum absolute atomic E-state index is 9.33. The molecule has 0 aromatic heterocycles. The third kappa shape index (κ3) is 5.92. The maximum Gasteiger partial charge on any atom is 0.540 e. The van der Waals surface area contributed by atoms with E-state index in [4.69, 9.17) is 5.11 Å². The van der Waals surface area contributed by atoms with Gasteiger partial charge in [-0.1, -0.05) is 0 Å². The highest BCUT2D eigenvalue weighted by Gasteiger charge is 1.93. The van der Waals surface area contributed by atoms with Crippen molar-refractivity contribution in [2.24, 2.45) is 0 Å². The van der Waals surface area contributed by atoms with Crippen LogP contribution in [0.2, 0.25) is 0 Å². The summed E-state index contributed by atoms with van der Waals surface area (Å²) >= 11 is 1.31. The van der Waals surface area contributed by atoms with Crippen LogP contribution in [0.1, 0.15) is 0 Å². The standard InChI is InChI=1S/CHIO5/c2-6-7-5-1(3)4/h(H,3,4). The van der Waals surface area contributed by atoms with Crippen molar-refractivity contribution >= 4 is 29.2 Å². The number of carboxylic acid groups (broad SMARTS) is 1. The van der Waals surface area contributed by atoms with Crippen LogP contribution in [-0.2, 0) is 13.1 Å². The highest BCUT2D eigenvalue weighted by Crippen LogP contribution is 1.87. The molecular weight excluding hydrogens is 219 g/mol. The summed E-state index contributed by atoms with van der Waals surface area (Å²) < 4.78 is 3.72. The van der Waals surface area contributed by atoms with Crippen molar-refractivity contribution in [2.45, 2.75) is 0 Å². The average molecular weight is 220 g/mol. The number of hydrogen-bond acceptors (Lipinski definition) is 4. The normalized spacial score (nSPS) is 8.14. The molecule has 0 saturated carbocycles. The van der Waals surface area contributed by atoms with Crippen LogP contribution in [0.3, 0.4) is 0 Å². The number of hydrogen-bond donors (Lipinski definition) is 1. The fourth-order valence-electron chi connectivity index (χ4n) is 0.0420. The Bertz CT molecular complexity index is 61.1. The van der Waals surface area contributed by atoms with Gasteiger partial charge in [0.05, 0.1) is 0 Å².